The van der Waals surface area contributed by atoms with E-state index in [-0.39, 0.29) is 16.5 Å². The molecular weight excluding hydrogens is 430 g/mol. The van der Waals surface area contributed by atoms with Gasteiger partial charge in [-0.1, -0.05) is 37.6 Å². The molecule has 0 radical (unpaired) electrons. The van der Waals surface area contributed by atoms with Gasteiger partial charge in [0.2, 0.25) is 0 Å². The van der Waals surface area contributed by atoms with E-state index in [1.807, 2.05) is 12.1 Å². The Hall–Kier alpha value is -3.06. The van der Waals surface area contributed by atoms with Gasteiger partial charge in [-0.2, -0.15) is 0 Å². The topological polar surface area (TPSA) is 87.7 Å². The lowest BCUT2D eigenvalue weighted by Gasteiger charge is -2.21. The van der Waals surface area contributed by atoms with Crippen LogP contribution >= 0.6 is 11.6 Å². The van der Waals surface area contributed by atoms with Crippen molar-refractivity contribution in [1.29, 1.82) is 0 Å². The smallest absolute Gasteiger partial charge is 0.329 e. The maximum Gasteiger partial charge on any atom is 0.329 e. The average molecular weight is 460 g/mol. The van der Waals surface area contributed by atoms with Crippen LogP contribution in [0, 0.1) is 5.92 Å². The fourth-order valence-electron chi connectivity index (χ4n) is 3.13. The van der Waals surface area contributed by atoms with Crippen molar-refractivity contribution in [3.05, 3.63) is 59.1 Å². The molecule has 2 aromatic rings. The van der Waals surface area contributed by atoms with E-state index in [0.29, 0.717) is 5.69 Å². The molecule has 0 bridgehead atoms. The number of amides is 2. The van der Waals surface area contributed by atoms with Crippen molar-refractivity contribution in [1.82, 2.24) is 5.32 Å². The molecule has 2 N–H and O–H groups in total. The zero-order valence-corrected chi connectivity index (χ0v) is 19.6. The fourth-order valence-corrected chi connectivity index (χ4v) is 3.35. The number of rotatable bonds is 10. The Balaban J connectivity index is 1.91. The fraction of sp³-hybridized carbons (Fsp3) is 0.375. The number of hydrogen-bond acceptors (Lipinski definition) is 5. The molecule has 0 saturated heterocycles. The van der Waals surface area contributed by atoms with Crippen LogP contribution in [0.3, 0.4) is 0 Å². The molecular formula is C24H30ClN3O4. The summed E-state index contributed by atoms with van der Waals surface area (Å²) in [5.74, 6) is -1.88. The Kier molecular flexibility index (Phi) is 9.53. The SMILES string of the molecule is CCN(CC)c1ccc(NC(=O)COC(=O)C(NC(=O)c2ccccc2Cl)C(C)C)cc1. The summed E-state index contributed by atoms with van der Waals surface area (Å²) in [6.07, 6.45) is 0. The van der Waals surface area contributed by atoms with Gasteiger partial charge in [-0.05, 0) is 56.2 Å². The van der Waals surface area contributed by atoms with Gasteiger partial charge in [0.25, 0.3) is 11.8 Å². The Morgan fingerprint density at radius 2 is 1.62 bits per heavy atom. The summed E-state index contributed by atoms with van der Waals surface area (Å²) >= 11 is 6.05. The summed E-state index contributed by atoms with van der Waals surface area (Å²) in [5.41, 5.74) is 1.93. The molecule has 0 saturated carbocycles. The van der Waals surface area contributed by atoms with E-state index in [1.54, 1.807) is 50.2 Å². The van der Waals surface area contributed by atoms with Crippen molar-refractivity contribution in [2.75, 3.05) is 29.9 Å². The van der Waals surface area contributed by atoms with Crippen molar-refractivity contribution in [2.45, 2.75) is 33.7 Å². The molecule has 2 aromatic carbocycles. The molecule has 0 aliphatic heterocycles. The van der Waals surface area contributed by atoms with E-state index in [2.05, 4.69) is 29.4 Å². The van der Waals surface area contributed by atoms with Gasteiger partial charge >= 0.3 is 5.97 Å². The van der Waals surface area contributed by atoms with Crippen LogP contribution in [0.1, 0.15) is 38.1 Å². The number of halogens is 1. The van der Waals surface area contributed by atoms with E-state index < -0.39 is 30.4 Å². The molecule has 0 fully saturated rings. The minimum Gasteiger partial charge on any atom is -0.454 e. The van der Waals surface area contributed by atoms with Crippen molar-refractivity contribution in [3.8, 4) is 0 Å². The predicted molar refractivity (Wildman–Crippen MR) is 127 cm³/mol. The molecule has 0 aliphatic carbocycles. The first-order valence-corrected chi connectivity index (χ1v) is 11.0. The number of hydrogen-bond donors (Lipinski definition) is 2. The van der Waals surface area contributed by atoms with Crippen molar-refractivity contribution >= 4 is 40.8 Å². The molecule has 172 valence electrons. The lowest BCUT2D eigenvalue weighted by Crippen LogP contribution is -2.46. The quantitative estimate of drug-likeness (QED) is 0.522. The third-order valence-electron chi connectivity index (χ3n) is 4.95. The first-order chi connectivity index (χ1) is 15.3. The number of benzene rings is 2. The van der Waals surface area contributed by atoms with Crippen molar-refractivity contribution in [3.63, 3.8) is 0 Å². The van der Waals surface area contributed by atoms with Crippen LogP contribution in [-0.2, 0) is 14.3 Å². The highest BCUT2D eigenvalue weighted by atomic mass is 35.5. The third kappa shape index (κ3) is 6.99. The van der Waals surface area contributed by atoms with E-state index >= 15 is 0 Å². The monoisotopic (exact) mass is 459 g/mol. The lowest BCUT2D eigenvalue weighted by molar-refractivity contribution is -0.150. The predicted octanol–water partition coefficient (Wildman–Crippen LogP) is 4.12. The number of carbonyl (C=O) groups excluding carboxylic acids is 3. The molecule has 32 heavy (non-hydrogen) atoms. The van der Waals surface area contributed by atoms with Gasteiger partial charge < -0.3 is 20.3 Å². The van der Waals surface area contributed by atoms with Crippen LogP contribution in [0.15, 0.2) is 48.5 Å². The number of nitrogens with one attached hydrogen (secondary N) is 2. The van der Waals surface area contributed by atoms with Gasteiger partial charge in [0.05, 0.1) is 10.6 Å². The number of ether oxygens (including phenoxy) is 1. The highest BCUT2D eigenvalue weighted by Gasteiger charge is 2.27. The molecule has 0 heterocycles. The number of carbonyl (C=O) groups is 3. The Morgan fingerprint density at radius 3 is 2.19 bits per heavy atom. The van der Waals surface area contributed by atoms with Crippen LogP contribution in [-0.4, -0.2) is 43.5 Å². The first-order valence-electron chi connectivity index (χ1n) is 10.6. The molecule has 0 aliphatic rings. The highest BCUT2D eigenvalue weighted by molar-refractivity contribution is 6.33. The lowest BCUT2D eigenvalue weighted by atomic mass is 10.0. The normalized spacial score (nSPS) is 11.6. The standard InChI is InChI=1S/C24H30ClN3O4/c1-5-28(6-2)18-13-11-17(12-14-18)26-21(29)15-32-24(31)22(16(3)4)27-23(30)19-9-7-8-10-20(19)25/h7-14,16,22H,5-6,15H2,1-4H3,(H,26,29)(H,27,30). The van der Waals surface area contributed by atoms with Gasteiger partial charge in [-0.3, -0.25) is 9.59 Å². The van der Waals surface area contributed by atoms with E-state index in [0.717, 1.165) is 18.8 Å². The maximum absolute atomic E-state index is 12.5. The second-order valence-corrected chi connectivity index (χ2v) is 7.96. The average Bonchev–Trinajstić information content (AvgIpc) is 2.77. The van der Waals surface area contributed by atoms with Gasteiger partial charge in [-0.15, -0.1) is 0 Å². The van der Waals surface area contributed by atoms with Gasteiger partial charge in [0.15, 0.2) is 6.61 Å². The minimum atomic E-state index is -0.917. The molecule has 8 heteroatoms. The number of anilines is 2. The summed E-state index contributed by atoms with van der Waals surface area (Å²) in [6.45, 7) is 9.03. The molecule has 2 amide bonds. The Labute approximate surface area is 194 Å². The van der Waals surface area contributed by atoms with E-state index in [1.165, 1.54) is 0 Å². The summed E-state index contributed by atoms with van der Waals surface area (Å²) in [4.78, 5) is 39.4. The van der Waals surface area contributed by atoms with Crippen LogP contribution in [0.5, 0.6) is 0 Å². The molecule has 0 aromatic heterocycles. The Bertz CT molecular complexity index is 927. The van der Waals surface area contributed by atoms with Gasteiger partial charge in [-0.25, -0.2) is 4.79 Å². The van der Waals surface area contributed by atoms with Crippen molar-refractivity contribution < 1.29 is 19.1 Å². The van der Waals surface area contributed by atoms with E-state index in [9.17, 15) is 14.4 Å². The minimum absolute atomic E-state index is 0.246. The second kappa shape index (κ2) is 12.1. The van der Waals surface area contributed by atoms with Crippen LogP contribution < -0.4 is 15.5 Å². The largest absolute Gasteiger partial charge is 0.454 e. The Morgan fingerprint density at radius 1 is 1.00 bits per heavy atom. The number of esters is 1. The summed E-state index contributed by atoms with van der Waals surface area (Å²) in [6, 6.07) is 13.1. The van der Waals surface area contributed by atoms with Crippen molar-refractivity contribution in [2.24, 2.45) is 5.92 Å². The molecule has 1 atom stereocenters. The first kappa shape index (κ1) is 25.2. The maximum atomic E-state index is 12.5. The molecule has 1 unspecified atom stereocenters. The summed E-state index contributed by atoms with van der Waals surface area (Å²) in [5, 5.41) is 5.63. The third-order valence-corrected chi connectivity index (χ3v) is 5.28. The second-order valence-electron chi connectivity index (χ2n) is 7.55. The molecule has 0 spiro atoms. The summed E-state index contributed by atoms with van der Waals surface area (Å²) in [7, 11) is 0. The number of nitrogens with zero attached hydrogens (tertiary/aromatic N) is 1. The van der Waals surface area contributed by atoms with E-state index in [4.69, 9.17) is 16.3 Å². The van der Waals surface area contributed by atoms with Crippen LogP contribution in [0.4, 0.5) is 11.4 Å². The van der Waals surface area contributed by atoms with Gasteiger partial charge in [0, 0.05) is 24.5 Å². The summed E-state index contributed by atoms with van der Waals surface area (Å²) < 4.78 is 5.16. The zero-order chi connectivity index (χ0) is 23.7. The van der Waals surface area contributed by atoms with Crippen LogP contribution in [0.2, 0.25) is 5.02 Å². The molecule has 7 nitrogen and oxygen atoms in total. The highest BCUT2D eigenvalue weighted by Crippen LogP contribution is 2.18. The zero-order valence-electron chi connectivity index (χ0n) is 18.9. The van der Waals surface area contributed by atoms with Gasteiger partial charge in [0.1, 0.15) is 6.04 Å². The van der Waals surface area contributed by atoms with Crippen LogP contribution in [0.25, 0.3) is 0 Å². The molecule has 2 rings (SSSR count).